The Balaban J connectivity index is 1.59. The smallest absolute Gasteiger partial charge is 0.415 e. The number of hydrogen-bond acceptors (Lipinski definition) is 6. The van der Waals surface area contributed by atoms with E-state index in [1.54, 1.807) is 0 Å². The molecule has 1 fully saturated rings. The highest BCUT2D eigenvalue weighted by Gasteiger charge is 2.41. The minimum Gasteiger partial charge on any atom is -0.415 e. The SMILES string of the molecule is O=C(C1CCCc2nn(Cc3nnc(C(F)(F)F)o3)c(=O)n21)N1CC(F)C(F)C1. The molecule has 3 unspecified atom stereocenters. The van der Waals surface area contributed by atoms with Crippen molar-refractivity contribution >= 4 is 5.91 Å². The van der Waals surface area contributed by atoms with Crippen LogP contribution in [0, 0.1) is 0 Å². The highest BCUT2D eigenvalue weighted by molar-refractivity contribution is 5.81. The molecule has 0 bridgehead atoms. The predicted molar refractivity (Wildman–Crippen MR) is 83.2 cm³/mol. The molecule has 4 heterocycles. The van der Waals surface area contributed by atoms with Gasteiger partial charge in [0.25, 0.3) is 0 Å². The van der Waals surface area contributed by atoms with Gasteiger partial charge in [0.2, 0.25) is 11.8 Å². The minimum atomic E-state index is -4.82. The Bertz CT molecular complexity index is 972. The summed E-state index contributed by atoms with van der Waals surface area (Å²) in [5, 5.41) is 10.2. The van der Waals surface area contributed by atoms with Gasteiger partial charge in [0.1, 0.15) is 18.4 Å². The van der Waals surface area contributed by atoms with Gasteiger partial charge in [-0.3, -0.25) is 9.36 Å². The van der Waals surface area contributed by atoms with Gasteiger partial charge >= 0.3 is 17.8 Å². The number of alkyl halides is 5. The number of aromatic nitrogens is 5. The van der Waals surface area contributed by atoms with Crippen LogP contribution in [0.25, 0.3) is 0 Å². The summed E-state index contributed by atoms with van der Waals surface area (Å²) < 4.78 is 71.0. The van der Waals surface area contributed by atoms with Crippen molar-refractivity contribution in [1.82, 2.24) is 29.4 Å². The molecule has 0 aliphatic carbocycles. The second-order valence-corrected chi connectivity index (χ2v) is 6.91. The summed E-state index contributed by atoms with van der Waals surface area (Å²) in [6.07, 6.45) is -7.22. The van der Waals surface area contributed by atoms with E-state index in [1.807, 2.05) is 0 Å². The van der Waals surface area contributed by atoms with Crippen LogP contribution in [-0.4, -0.2) is 60.8 Å². The van der Waals surface area contributed by atoms with Crippen molar-refractivity contribution in [1.29, 1.82) is 0 Å². The van der Waals surface area contributed by atoms with Crippen LogP contribution >= 0.6 is 0 Å². The number of carbonyl (C=O) groups is 1. The average Bonchev–Trinajstić information content (AvgIpc) is 3.34. The number of rotatable bonds is 3. The molecule has 4 rings (SSSR count). The molecule has 9 nitrogen and oxygen atoms in total. The van der Waals surface area contributed by atoms with Crippen LogP contribution in [0.5, 0.6) is 0 Å². The number of likely N-dealkylation sites (tertiary alicyclic amines) is 1. The highest BCUT2D eigenvalue weighted by atomic mass is 19.4. The number of aryl methyl sites for hydroxylation is 1. The Labute approximate surface area is 159 Å². The maximum atomic E-state index is 13.4. The highest BCUT2D eigenvalue weighted by Crippen LogP contribution is 2.29. The molecule has 0 radical (unpaired) electrons. The van der Waals surface area contributed by atoms with Gasteiger partial charge in [0.05, 0.1) is 13.1 Å². The zero-order valence-corrected chi connectivity index (χ0v) is 14.8. The fourth-order valence-electron chi connectivity index (χ4n) is 3.54. The van der Waals surface area contributed by atoms with Crippen molar-refractivity contribution in [3.05, 3.63) is 28.1 Å². The molecular formula is C15H15F5N6O3. The lowest BCUT2D eigenvalue weighted by Gasteiger charge is -2.26. The molecule has 158 valence electrons. The minimum absolute atomic E-state index is 0.253. The van der Waals surface area contributed by atoms with Crippen molar-refractivity contribution in [3.63, 3.8) is 0 Å². The Morgan fingerprint density at radius 3 is 2.48 bits per heavy atom. The summed E-state index contributed by atoms with van der Waals surface area (Å²) in [6, 6.07) is -0.981. The lowest BCUT2D eigenvalue weighted by Crippen LogP contribution is -2.42. The van der Waals surface area contributed by atoms with E-state index in [0.29, 0.717) is 12.8 Å². The summed E-state index contributed by atoms with van der Waals surface area (Å²) in [6.45, 7) is -1.29. The van der Waals surface area contributed by atoms with Gasteiger partial charge < -0.3 is 9.32 Å². The number of carbonyl (C=O) groups excluding carboxylic acids is 1. The average molecular weight is 422 g/mol. The van der Waals surface area contributed by atoms with Crippen LogP contribution in [-0.2, 0) is 23.9 Å². The Morgan fingerprint density at radius 1 is 1.17 bits per heavy atom. The van der Waals surface area contributed by atoms with Crippen molar-refractivity contribution in [2.24, 2.45) is 0 Å². The summed E-state index contributed by atoms with van der Waals surface area (Å²) >= 11 is 0. The van der Waals surface area contributed by atoms with Gasteiger partial charge in [-0.05, 0) is 12.8 Å². The normalized spacial score (nSPS) is 24.7. The summed E-state index contributed by atoms with van der Waals surface area (Å²) in [5.41, 5.74) is -0.752. The standard InChI is InChI=1S/C15H15F5N6O3/c16-7-4-24(5-8(7)17)12(27)9-2-1-3-10-23-25(14(28)26(9)10)6-11-21-22-13(29-11)15(18,19)20/h7-9H,1-6H2. The molecule has 0 aromatic carbocycles. The zero-order chi connectivity index (χ0) is 20.9. The second kappa shape index (κ2) is 6.91. The maximum Gasteiger partial charge on any atom is 0.470 e. The number of nitrogens with zero attached hydrogens (tertiary/aromatic N) is 6. The quantitative estimate of drug-likeness (QED) is 0.682. The van der Waals surface area contributed by atoms with E-state index < -0.39 is 67.6 Å². The Morgan fingerprint density at radius 2 is 1.86 bits per heavy atom. The first kappa shape index (κ1) is 19.5. The third-order valence-corrected chi connectivity index (χ3v) is 4.90. The van der Waals surface area contributed by atoms with Crippen molar-refractivity contribution in [3.8, 4) is 0 Å². The molecule has 2 aliphatic heterocycles. The van der Waals surface area contributed by atoms with E-state index in [0.717, 1.165) is 14.1 Å². The molecule has 0 N–H and O–H groups in total. The molecule has 1 saturated heterocycles. The first-order chi connectivity index (χ1) is 13.6. The van der Waals surface area contributed by atoms with Gasteiger partial charge in [-0.15, -0.1) is 10.2 Å². The summed E-state index contributed by atoms with van der Waals surface area (Å²) in [5.74, 6) is -2.36. The van der Waals surface area contributed by atoms with Crippen molar-refractivity contribution in [2.75, 3.05) is 13.1 Å². The number of hydrogen-bond donors (Lipinski definition) is 0. The van der Waals surface area contributed by atoms with E-state index in [9.17, 15) is 31.5 Å². The monoisotopic (exact) mass is 422 g/mol. The molecule has 14 heteroatoms. The third-order valence-electron chi connectivity index (χ3n) is 4.90. The van der Waals surface area contributed by atoms with E-state index in [4.69, 9.17) is 0 Å². The van der Waals surface area contributed by atoms with Crippen LogP contribution in [0.3, 0.4) is 0 Å². The first-order valence-electron chi connectivity index (χ1n) is 8.80. The van der Waals surface area contributed by atoms with Gasteiger partial charge in [-0.25, -0.2) is 18.3 Å². The van der Waals surface area contributed by atoms with E-state index in [2.05, 4.69) is 19.7 Å². The predicted octanol–water partition coefficient (Wildman–Crippen LogP) is 0.891. The Hall–Kier alpha value is -2.80. The zero-order valence-electron chi connectivity index (χ0n) is 14.8. The van der Waals surface area contributed by atoms with Crippen molar-refractivity contribution in [2.45, 2.75) is 50.4 Å². The van der Waals surface area contributed by atoms with Gasteiger partial charge in [-0.2, -0.15) is 18.3 Å². The molecule has 2 aliphatic rings. The van der Waals surface area contributed by atoms with Crippen LogP contribution in [0.15, 0.2) is 9.21 Å². The molecule has 29 heavy (non-hydrogen) atoms. The number of halogens is 5. The van der Waals surface area contributed by atoms with Crippen LogP contribution in [0.4, 0.5) is 22.0 Å². The fraction of sp³-hybridized carbons (Fsp3) is 0.667. The largest absolute Gasteiger partial charge is 0.470 e. The molecule has 3 atom stereocenters. The van der Waals surface area contributed by atoms with Crippen molar-refractivity contribution < 1.29 is 31.2 Å². The summed E-state index contributed by atoms with van der Waals surface area (Å²) in [7, 11) is 0. The van der Waals surface area contributed by atoms with Crippen LogP contribution in [0.1, 0.15) is 36.5 Å². The summed E-state index contributed by atoms with van der Waals surface area (Å²) in [4.78, 5) is 26.5. The molecule has 2 aromatic rings. The maximum absolute atomic E-state index is 13.4. The number of amides is 1. The third kappa shape index (κ3) is 3.51. The fourth-order valence-corrected chi connectivity index (χ4v) is 3.54. The lowest BCUT2D eigenvalue weighted by atomic mass is 10.0. The van der Waals surface area contributed by atoms with Crippen LogP contribution in [0.2, 0.25) is 0 Å². The molecule has 1 amide bonds. The molecule has 0 spiro atoms. The topological polar surface area (TPSA) is 99.0 Å². The van der Waals surface area contributed by atoms with Crippen LogP contribution < -0.4 is 5.69 Å². The lowest BCUT2D eigenvalue weighted by molar-refractivity contribution is -0.157. The molecular weight excluding hydrogens is 407 g/mol. The Kier molecular flexibility index (Phi) is 4.65. The van der Waals surface area contributed by atoms with E-state index in [1.165, 1.54) is 0 Å². The van der Waals surface area contributed by atoms with Gasteiger partial charge in [0, 0.05) is 6.42 Å². The second-order valence-electron chi connectivity index (χ2n) is 6.91. The van der Waals surface area contributed by atoms with Gasteiger partial charge in [-0.1, -0.05) is 0 Å². The number of fused-ring (bicyclic) bond motifs is 1. The molecule has 0 saturated carbocycles. The molecule has 2 aromatic heterocycles. The van der Waals surface area contributed by atoms with Gasteiger partial charge in [0.15, 0.2) is 12.3 Å². The first-order valence-corrected chi connectivity index (χ1v) is 8.80. The van der Waals surface area contributed by atoms with E-state index in [-0.39, 0.29) is 12.2 Å². The van der Waals surface area contributed by atoms with E-state index >= 15 is 0 Å².